The van der Waals surface area contributed by atoms with Gasteiger partial charge in [-0.15, -0.1) is 6.58 Å². The van der Waals surface area contributed by atoms with E-state index in [1.807, 2.05) is 6.08 Å². The Bertz CT molecular complexity index is 404. The van der Waals surface area contributed by atoms with Crippen molar-refractivity contribution >= 4 is 0 Å². The van der Waals surface area contributed by atoms with Crippen LogP contribution in [0.4, 0.5) is 0 Å². The molecular formula is C18H30N2. The summed E-state index contributed by atoms with van der Waals surface area (Å²) in [5.74, 6) is 0. The Morgan fingerprint density at radius 2 is 1.85 bits per heavy atom. The summed E-state index contributed by atoms with van der Waals surface area (Å²) < 4.78 is 0. The first-order chi connectivity index (χ1) is 9.46. The van der Waals surface area contributed by atoms with Gasteiger partial charge in [0.05, 0.1) is 0 Å². The molecule has 0 aliphatic rings. The number of benzene rings is 1. The molecule has 0 atom stereocenters. The van der Waals surface area contributed by atoms with E-state index in [-0.39, 0.29) is 5.54 Å². The molecule has 0 amide bonds. The third kappa shape index (κ3) is 6.36. The second-order valence-electron chi connectivity index (χ2n) is 6.31. The van der Waals surface area contributed by atoms with Crippen LogP contribution in [0, 0.1) is 0 Å². The van der Waals surface area contributed by atoms with Crippen LogP contribution in [-0.2, 0) is 13.0 Å². The van der Waals surface area contributed by atoms with Crippen molar-refractivity contribution in [2.75, 3.05) is 19.6 Å². The minimum Gasteiger partial charge on any atom is -0.312 e. The van der Waals surface area contributed by atoms with Crippen LogP contribution in [0.15, 0.2) is 36.9 Å². The van der Waals surface area contributed by atoms with Gasteiger partial charge in [0.1, 0.15) is 0 Å². The van der Waals surface area contributed by atoms with E-state index in [0.29, 0.717) is 0 Å². The third-order valence-corrected chi connectivity index (χ3v) is 3.40. The first-order valence-electron chi connectivity index (χ1n) is 7.61. The van der Waals surface area contributed by atoms with Gasteiger partial charge in [-0.25, -0.2) is 0 Å². The molecule has 0 aliphatic heterocycles. The second-order valence-corrected chi connectivity index (χ2v) is 6.31. The fourth-order valence-electron chi connectivity index (χ4n) is 2.26. The van der Waals surface area contributed by atoms with Crippen LogP contribution >= 0.6 is 0 Å². The lowest BCUT2D eigenvalue weighted by Crippen LogP contribution is -2.37. The quantitative estimate of drug-likeness (QED) is 0.728. The van der Waals surface area contributed by atoms with Gasteiger partial charge in [-0.05, 0) is 51.4 Å². The van der Waals surface area contributed by atoms with Gasteiger partial charge in [0, 0.05) is 18.6 Å². The molecule has 0 bridgehead atoms. The zero-order valence-corrected chi connectivity index (χ0v) is 13.6. The maximum atomic E-state index is 3.84. The summed E-state index contributed by atoms with van der Waals surface area (Å²) in [5.41, 5.74) is 3.08. The average molecular weight is 274 g/mol. The molecule has 1 N–H and O–H groups in total. The Balaban J connectivity index is 2.65. The number of nitrogens with one attached hydrogen (secondary N) is 1. The van der Waals surface area contributed by atoms with Gasteiger partial charge in [-0.1, -0.05) is 37.3 Å². The summed E-state index contributed by atoms with van der Waals surface area (Å²) in [6, 6.07) is 8.77. The Hall–Kier alpha value is -1.12. The normalized spacial score (nSPS) is 11.8. The molecule has 1 aromatic rings. The van der Waals surface area contributed by atoms with E-state index in [4.69, 9.17) is 0 Å². The predicted octanol–water partition coefficient (Wildman–Crippen LogP) is 3.63. The van der Waals surface area contributed by atoms with Crippen molar-refractivity contribution in [3.05, 3.63) is 48.0 Å². The zero-order valence-electron chi connectivity index (χ0n) is 13.6. The second kappa shape index (κ2) is 8.23. The molecule has 1 rings (SSSR count). The lowest BCUT2D eigenvalue weighted by Gasteiger charge is -2.22. The molecule has 112 valence electrons. The van der Waals surface area contributed by atoms with E-state index in [9.17, 15) is 0 Å². The van der Waals surface area contributed by atoms with E-state index in [0.717, 1.165) is 32.6 Å². The molecule has 0 radical (unpaired) electrons. The van der Waals surface area contributed by atoms with Crippen molar-refractivity contribution < 1.29 is 0 Å². The number of nitrogens with zero attached hydrogens (tertiary/aromatic N) is 1. The largest absolute Gasteiger partial charge is 0.312 e. The molecule has 0 heterocycles. The van der Waals surface area contributed by atoms with Crippen molar-refractivity contribution in [2.24, 2.45) is 0 Å². The monoisotopic (exact) mass is 274 g/mol. The zero-order chi connectivity index (χ0) is 15.0. The van der Waals surface area contributed by atoms with E-state index in [2.05, 4.69) is 68.8 Å². The Morgan fingerprint density at radius 3 is 2.40 bits per heavy atom. The summed E-state index contributed by atoms with van der Waals surface area (Å²) in [6.07, 6.45) is 3.06. The van der Waals surface area contributed by atoms with E-state index < -0.39 is 0 Å². The summed E-state index contributed by atoms with van der Waals surface area (Å²) in [5, 5.41) is 3.56. The van der Waals surface area contributed by atoms with Crippen LogP contribution < -0.4 is 5.32 Å². The van der Waals surface area contributed by atoms with Crippen LogP contribution in [0.5, 0.6) is 0 Å². The lowest BCUT2D eigenvalue weighted by molar-refractivity contribution is 0.310. The smallest absolute Gasteiger partial charge is 0.0239 e. The molecule has 0 spiro atoms. The van der Waals surface area contributed by atoms with Crippen molar-refractivity contribution in [2.45, 2.75) is 46.2 Å². The predicted molar refractivity (Wildman–Crippen MR) is 89.0 cm³/mol. The fourth-order valence-corrected chi connectivity index (χ4v) is 2.26. The molecule has 2 nitrogen and oxygen atoms in total. The lowest BCUT2D eigenvalue weighted by atomic mass is 10.0. The number of rotatable bonds is 8. The van der Waals surface area contributed by atoms with E-state index >= 15 is 0 Å². The van der Waals surface area contributed by atoms with Gasteiger partial charge in [0.25, 0.3) is 0 Å². The van der Waals surface area contributed by atoms with Crippen molar-refractivity contribution in [1.82, 2.24) is 10.2 Å². The molecule has 1 aromatic carbocycles. The first kappa shape index (κ1) is 16.9. The van der Waals surface area contributed by atoms with Crippen LogP contribution in [0.2, 0.25) is 0 Å². The molecule has 0 saturated heterocycles. The van der Waals surface area contributed by atoms with Crippen LogP contribution in [0.3, 0.4) is 0 Å². The van der Waals surface area contributed by atoms with Crippen LogP contribution in [-0.4, -0.2) is 30.1 Å². The highest BCUT2D eigenvalue weighted by Gasteiger charge is 2.10. The minimum atomic E-state index is 0.188. The SMILES string of the molecule is C=CCN(CC)Cc1ccccc1CCNC(C)(C)C. The van der Waals surface area contributed by atoms with Gasteiger partial charge >= 0.3 is 0 Å². The first-order valence-corrected chi connectivity index (χ1v) is 7.61. The van der Waals surface area contributed by atoms with Gasteiger partial charge in [-0.2, -0.15) is 0 Å². The molecule has 0 saturated carbocycles. The van der Waals surface area contributed by atoms with Crippen molar-refractivity contribution in [3.8, 4) is 0 Å². The highest BCUT2D eigenvalue weighted by molar-refractivity contribution is 5.27. The maximum Gasteiger partial charge on any atom is 0.0239 e. The summed E-state index contributed by atoms with van der Waals surface area (Å²) in [6.45, 7) is 16.7. The summed E-state index contributed by atoms with van der Waals surface area (Å²) >= 11 is 0. The third-order valence-electron chi connectivity index (χ3n) is 3.40. The topological polar surface area (TPSA) is 15.3 Å². The number of hydrogen-bond acceptors (Lipinski definition) is 2. The van der Waals surface area contributed by atoms with E-state index in [1.54, 1.807) is 0 Å². The Kier molecular flexibility index (Phi) is 6.97. The van der Waals surface area contributed by atoms with Gasteiger partial charge in [0.2, 0.25) is 0 Å². The fraction of sp³-hybridized carbons (Fsp3) is 0.556. The average Bonchev–Trinajstić information content (AvgIpc) is 2.38. The van der Waals surface area contributed by atoms with Crippen LogP contribution in [0.25, 0.3) is 0 Å². The molecule has 20 heavy (non-hydrogen) atoms. The van der Waals surface area contributed by atoms with E-state index in [1.165, 1.54) is 11.1 Å². The van der Waals surface area contributed by atoms with Crippen LogP contribution in [0.1, 0.15) is 38.8 Å². The molecular weight excluding hydrogens is 244 g/mol. The van der Waals surface area contributed by atoms with Crippen molar-refractivity contribution in [1.29, 1.82) is 0 Å². The highest BCUT2D eigenvalue weighted by atomic mass is 15.1. The van der Waals surface area contributed by atoms with Crippen molar-refractivity contribution in [3.63, 3.8) is 0 Å². The highest BCUT2D eigenvalue weighted by Crippen LogP contribution is 2.13. The molecule has 0 fully saturated rings. The van der Waals surface area contributed by atoms with Gasteiger partial charge in [0.15, 0.2) is 0 Å². The maximum absolute atomic E-state index is 3.84. The summed E-state index contributed by atoms with van der Waals surface area (Å²) in [4.78, 5) is 2.41. The molecule has 2 heteroatoms. The Labute approximate surface area is 124 Å². The standard InChI is InChI=1S/C18H30N2/c1-6-14-20(7-2)15-17-11-9-8-10-16(17)12-13-19-18(3,4)5/h6,8-11,19H,1,7,12-15H2,2-5H3. The number of likely N-dealkylation sites (N-methyl/N-ethyl adjacent to an activating group) is 1. The minimum absolute atomic E-state index is 0.188. The Morgan fingerprint density at radius 1 is 1.20 bits per heavy atom. The number of hydrogen-bond donors (Lipinski definition) is 1. The van der Waals surface area contributed by atoms with Gasteiger partial charge < -0.3 is 5.32 Å². The van der Waals surface area contributed by atoms with Gasteiger partial charge in [-0.3, -0.25) is 4.90 Å². The molecule has 0 aliphatic carbocycles. The molecule has 0 aromatic heterocycles. The summed E-state index contributed by atoms with van der Waals surface area (Å²) in [7, 11) is 0. The molecule has 0 unspecified atom stereocenters.